The van der Waals surface area contributed by atoms with Gasteiger partial charge in [0.1, 0.15) is 31.0 Å². The quantitative estimate of drug-likeness (QED) is 0.183. The third-order valence-electron chi connectivity index (χ3n) is 6.05. The van der Waals surface area contributed by atoms with Gasteiger partial charge in [0, 0.05) is 13.5 Å². The fraction of sp³-hybridized carbons (Fsp3) is 0.480. The Morgan fingerprint density at radius 2 is 1.90 bits per heavy atom. The average molecular weight is 566 g/mol. The Balaban J connectivity index is 1.69. The zero-order valence-corrected chi connectivity index (χ0v) is 21.7. The molecule has 1 fully saturated rings. The van der Waals surface area contributed by atoms with Crippen LogP contribution in [0.3, 0.4) is 0 Å². The molecule has 1 aromatic heterocycles. The molecule has 3 amide bonds. The number of alkyl carbamates (subject to hydrolysis) is 1. The van der Waals surface area contributed by atoms with Crippen LogP contribution in [0.4, 0.5) is 15.0 Å². The Morgan fingerprint density at radius 3 is 2.55 bits per heavy atom. The second kappa shape index (κ2) is 14.5. The number of aliphatic hydroxyl groups excluding tert-OH is 3. The maximum absolute atomic E-state index is 14.9. The number of nitrogens with zero attached hydrogens (tertiary/aromatic N) is 2. The average Bonchev–Trinajstić information content (AvgIpc) is 3.21. The van der Waals surface area contributed by atoms with Crippen LogP contribution in [0.5, 0.6) is 0 Å². The minimum atomic E-state index is -1.65. The van der Waals surface area contributed by atoms with Gasteiger partial charge in [-0.25, -0.2) is 14.0 Å². The fourth-order valence-corrected chi connectivity index (χ4v) is 3.94. The number of anilines is 1. The van der Waals surface area contributed by atoms with Crippen LogP contribution in [0.25, 0.3) is 0 Å². The van der Waals surface area contributed by atoms with Crippen LogP contribution in [0, 0.1) is 5.82 Å². The molecule has 3 rings (SSSR count). The van der Waals surface area contributed by atoms with Crippen molar-refractivity contribution in [3.05, 3.63) is 58.4 Å². The van der Waals surface area contributed by atoms with E-state index in [1.165, 1.54) is 6.92 Å². The van der Waals surface area contributed by atoms with Crippen molar-refractivity contribution in [3.63, 3.8) is 0 Å². The van der Waals surface area contributed by atoms with E-state index in [0.717, 1.165) is 5.56 Å². The molecule has 3 unspecified atom stereocenters. The molecular weight excluding hydrogens is 533 g/mol. The molecule has 2 heterocycles. The summed E-state index contributed by atoms with van der Waals surface area (Å²) in [4.78, 5) is 52.5. The summed E-state index contributed by atoms with van der Waals surface area (Å²) in [5.74, 6) is -3.00. The van der Waals surface area contributed by atoms with E-state index in [2.05, 4.69) is 20.9 Å². The van der Waals surface area contributed by atoms with Gasteiger partial charge >= 0.3 is 11.8 Å². The van der Waals surface area contributed by atoms with Crippen molar-refractivity contribution in [3.8, 4) is 0 Å². The van der Waals surface area contributed by atoms with Gasteiger partial charge in [-0.1, -0.05) is 30.3 Å². The maximum atomic E-state index is 14.9. The summed E-state index contributed by atoms with van der Waals surface area (Å²) in [7, 11) is 0. The highest BCUT2D eigenvalue weighted by Gasteiger charge is 2.44. The predicted molar refractivity (Wildman–Crippen MR) is 136 cm³/mol. The Labute approximate surface area is 228 Å². The lowest BCUT2D eigenvalue weighted by molar-refractivity contribution is -0.119. The van der Waals surface area contributed by atoms with E-state index in [0.29, 0.717) is 30.2 Å². The summed E-state index contributed by atoms with van der Waals surface area (Å²) in [6.07, 6.45) is -5.20. The predicted octanol–water partition coefficient (Wildman–Crippen LogP) is -0.466. The van der Waals surface area contributed by atoms with Crippen LogP contribution in [-0.4, -0.2) is 80.3 Å². The summed E-state index contributed by atoms with van der Waals surface area (Å²) in [5, 5.41) is 36.5. The van der Waals surface area contributed by atoms with E-state index in [-0.39, 0.29) is 18.9 Å². The van der Waals surface area contributed by atoms with Gasteiger partial charge in [-0.05, 0) is 24.8 Å². The van der Waals surface area contributed by atoms with Crippen LogP contribution in [0.15, 0.2) is 41.3 Å². The fourth-order valence-electron chi connectivity index (χ4n) is 3.94. The van der Waals surface area contributed by atoms with Gasteiger partial charge < -0.3 is 40.7 Å². The van der Waals surface area contributed by atoms with Gasteiger partial charge in [-0.3, -0.25) is 14.2 Å². The normalized spacial score (nSPS) is 20.9. The van der Waals surface area contributed by atoms with E-state index in [4.69, 9.17) is 9.47 Å². The molecular formula is C25H32FN5O9. The number of hydrogen-bond acceptors (Lipinski definition) is 10. The summed E-state index contributed by atoms with van der Waals surface area (Å²) in [6.45, 7) is 0.999. The third kappa shape index (κ3) is 8.29. The van der Waals surface area contributed by atoms with Gasteiger partial charge in [0.05, 0.1) is 12.8 Å². The number of unbranched alkanes of at least 4 members (excludes halogenated alkanes) is 1. The Bertz CT molecular complexity index is 1230. The Hall–Kier alpha value is -3.92. The van der Waals surface area contributed by atoms with Crippen LogP contribution >= 0.6 is 0 Å². The molecule has 0 aliphatic carbocycles. The van der Waals surface area contributed by atoms with Gasteiger partial charge in [0.15, 0.2) is 17.9 Å². The monoisotopic (exact) mass is 565 g/mol. The van der Waals surface area contributed by atoms with E-state index in [1.807, 2.05) is 0 Å². The Kier molecular flexibility index (Phi) is 11.1. The smallest absolute Gasteiger partial charge is 0.408 e. The number of nitrogens with one attached hydrogen (secondary N) is 3. The first kappa shape index (κ1) is 30.6. The molecule has 0 bridgehead atoms. The molecule has 0 saturated carbocycles. The SMILES string of the molecule is CC(=O)NCCCCC(NC(=O)OCc1ccccc1)C(=O)Nc1nc(=O)n([C@@H]2O[C@H](CO)C(O)C2O)cc1F. The summed E-state index contributed by atoms with van der Waals surface area (Å²) in [6, 6.07) is 7.62. The molecule has 218 valence electrons. The van der Waals surface area contributed by atoms with Crippen molar-refractivity contribution in [1.82, 2.24) is 20.2 Å². The Morgan fingerprint density at radius 1 is 1.18 bits per heavy atom. The summed E-state index contributed by atoms with van der Waals surface area (Å²) < 4.78 is 25.9. The second-order valence-corrected chi connectivity index (χ2v) is 9.08. The number of amides is 3. The lowest BCUT2D eigenvalue weighted by Crippen LogP contribution is -2.44. The lowest BCUT2D eigenvalue weighted by Gasteiger charge is -2.20. The van der Waals surface area contributed by atoms with Crippen LogP contribution in [0.1, 0.15) is 38.0 Å². The van der Waals surface area contributed by atoms with Crippen LogP contribution in [-0.2, 0) is 25.7 Å². The van der Waals surface area contributed by atoms with Crippen molar-refractivity contribution in [2.24, 2.45) is 0 Å². The molecule has 14 nitrogen and oxygen atoms in total. The highest BCUT2D eigenvalue weighted by molar-refractivity contribution is 5.95. The standard InChI is InChI=1S/C25H32FN5O9/c1-14(33)27-10-6-5-9-17(28-25(38)39-13-15-7-3-2-4-8-15)22(36)29-21-16(26)11-31(24(37)30-21)23-20(35)19(34)18(12-32)40-23/h2-4,7-8,11,17-20,23,32,34-35H,5-6,9-10,12-13H2,1H3,(H,27,33)(H,28,38)(H,29,30,36,37)/t17?,18-,19?,20?,23-/m1/s1. The highest BCUT2D eigenvalue weighted by atomic mass is 19.1. The molecule has 0 spiro atoms. The van der Waals surface area contributed by atoms with Gasteiger partial charge in [-0.2, -0.15) is 4.98 Å². The number of hydrogen-bond donors (Lipinski definition) is 6. The largest absolute Gasteiger partial charge is 0.445 e. The molecule has 40 heavy (non-hydrogen) atoms. The first-order valence-electron chi connectivity index (χ1n) is 12.5. The number of aromatic nitrogens is 2. The number of benzene rings is 1. The topological polar surface area (TPSA) is 201 Å². The number of carbonyl (C=O) groups excluding carboxylic acids is 3. The van der Waals surface area contributed by atoms with E-state index >= 15 is 0 Å². The maximum Gasteiger partial charge on any atom is 0.408 e. The molecule has 1 aromatic carbocycles. The summed E-state index contributed by atoms with van der Waals surface area (Å²) in [5.41, 5.74) is -0.399. The van der Waals surface area contributed by atoms with Gasteiger partial charge in [0.25, 0.3) is 0 Å². The van der Waals surface area contributed by atoms with Gasteiger partial charge in [-0.15, -0.1) is 0 Å². The highest BCUT2D eigenvalue weighted by Crippen LogP contribution is 2.28. The molecule has 6 N–H and O–H groups in total. The molecule has 1 saturated heterocycles. The van der Waals surface area contributed by atoms with Crippen molar-refractivity contribution in [1.29, 1.82) is 0 Å². The molecule has 2 aromatic rings. The van der Waals surface area contributed by atoms with Crippen LogP contribution in [0.2, 0.25) is 0 Å². The molecule has 0 radical (unpaired) electrons. The zero-order chi connectivity index (χ0) is 29.2. The zero-order valence-electron chi connectivity index (χ0n) is 21.7. The second-order valence-electron chi connectivity index (χ2n) is 9.08. The number of ether oxygens (including phenoxy) is 2. The number of rotatable bonds is 12. The van der Waals surface area contributed by atoms with Gasteiger partial charge in [0.2, 0.25) is 11.8 Å². The van der Waals surface area contributed by atoms with Crippen molar-refractivity contribution in [2.45, 2.75) is 63.4 Å². The summed E-state index contributed by atoms with van der Waals surface area (Å²) >= 11 is 0. The van der Waals surface area contributed by atoms with Crippen LogP contribution < -0.4 is 21.6 Å². The lowest BCUT2D eigenvalue weighted by atomic mass is 10.1. The molecule has 5 atom stereocenters. The number of carbonyl (C=O) groups is 3. The minimum Gasteiger partial charge on any atom is -0.445 e. The van der Waals surface area contributed by atoms with E-state index < -0.39 is 66.5 Å². The molecule has 1 aliphatic rings. The molecule has 1 aliphatic heterocycles. The first-order valence-corrected chi connectivity index (χ1v) is 12.5. The van der Waals surface area contributed by atoms with Crippen molar-refractivity contribution in [2.75, 3.05) is 18.5 Å². The van der Waals surface area contributed by atoms with Crippen molar-refractivity contribution < 1.29 is 43.6 Å². The third-order valence-corrected chi connectivity index (χ3v) is 6.05. The van der Waals surface area contributed by atoms with E-state index in [1.54, 1.807) is 30.3 Å². The minimum absolute atomic E-state index is 0.0567. The number of halogens is 1. The molecule has 15 heteroatoms. The first-order chi connectivity index (χ1) is 19.1. The van der Waals surface area contributed by atoms with Crippen molar-refractivity contribution >= 4 is 23.7 Å². The number of aliphatic hydroxyl groups is 3. The van der Waals surface area contributed by atoms with E-state index in [9.17, 15) is 38.9 Å².